The first-order valence-electron chi connectivity index (χ1n) is 10.0. The van der Waals surface area contributed by atoms with Crippen molar-refractivity contribution in [2.24, 2.45) is 5.92 Å². The lowest BCUT2D eigenvalue weighted by Crippen LogP contribution is -2.58. The van der Waals surface area contributed by atoms with Gasteiger partial charge >= 0.3 is 0 Å². The summed E-state index contributed by atoms with van der Waals surface area (Å²) in [5.74, 6) is 0.406. The normalized spacial score (nSPS) is 23.3. The maximum atomic E-state index is 11.7. The Hall–Kier alpha value is -1.03. The fourth-order valence-corrected chi connectivity index (χ4v) is 4.31. The topological polar surface area (TPSA) is 101 Å². The van der Waals surface area contributed by atoms with Crippen LogP contribution in [0.2, 0.25) is 0 Å². The van der Waals surface area contributed by atoms with Crippen molar-refractivity contribution in [3.05, 3.63) is 35.9 Å². The summed E-state index contributed by atoms with van der Waals surface area (Å²) in [7, 11) is -0.302. The van der Waals surface area contributed by atoms with E-state index >= 15 is 0 Å². The first-order chi connectivity index (χ1) is 13.0. The Labute approximate surface area is 169 Å². The molecule has 160 valence electrons. The number of hydrogen-bond acceptors (Lipinski definition) is 5. The van der Waals surface area contributed by atoms with Crippen LogP contribution >= 0.6 is 0 Å². The molecule has 2 fully saturated rings. The van der Waals surface area contributed by atoms with Gasteiger partial charge in [0, 0.05) is 19.6 Å². The number of piperazine rings is 1. The maximum Gasteiger partial charge on any atom is 0.215 e. The zero-order valence-corrected chi connectivity index (χ0v) is 17.8. The summed E-state index contributed by atoms with van der Waals surface area (Å²) in [4.78, 5) is 2.49. The van der Waals surface area contributed by atoms with E-state index in [9.17, 15) is 5.11 Å². The van der Waals surface area contributed by atoms with Gasteiger partial charge in [0.25, 0.3) is 0 Å². The molecule has 1 aromatic rings. The molecule has 7 nitrogen and oxygen atoms in total. The summed E-state index contributed by atoms with van der Waals surface area (Å²) in [6, 6.07) is 10.4. The average Bonchev–Trinajstić information content (AvgIpc) is 2.63. The summed E-state index contributed by atoms with van der Waals surface area (Å²) >= 11 is 0. The van der Waals surface area contributed by atoms with Gasteiger partial charge in [-0.2, -0.15) is 0 Å². The molecule has 0 spiro atoms. The molecular weight excluding hydrogens is 380 g/mol. The molecule has 0 aromatic heterocycles. The van der Waals surface area contributed by atoms with Crippen LogP contribution in [-0.4, -0.2) is 78.8 Å². The quantitative estimate of drug-likeness (QED) is 0.443. The molecule has 3 rings (SSSR count). The maximum absolute atomic E-state index is 11.7. The van der Waals surface area contributed by atoms with Gasteiger partial charge in [0.2, 0.25) is 10.4 Å². The minimum absolute atomic E-state index is 0.406. The van der Waals surface area contributed by atoms with E-state index in [1.165, 1.54) is 45.2 Å². The number of hydrogen-bond donors (Lipinski definition) is 2. The van der Waals surface area contributed by atoms with Crippen LogP contribution in [0.25, 0.3) is 0 Å². The number of β-amino-alcohol motifs (C(OH)–C–C–N with tert-alkyl or cyclic N) is 1. The lowest BCUT2D eigenvalue weighted by Gasteiger charge is -2.45. The molecule has 1 heterocycles. The van der Waals surface area contributed by atoms with Gasteiger partial charge in [-0.05, 0) is 24.3 Å². The zero-order chi connectivity index (χ0) is 20.8. The summed E-state index contributed by atoms with van der Waals surface area (Å²) in [5.41, 5.74) is 0.433. The predicted octanol–water partition coefficient (Wildman–Crippen LogP) is 1.85. The highest BCUT2D eigenvalue weighted by atomic mass is 32.3. The molecule has 1 saturated carbocycles. The number of aliphatic hydroxyl groups is 1. The average molecular weight is 415 g/mol. The predicted molar refractivity (Wildman–Crippen MR) is 108 cm³/mol. The molecular formula is C20H34N2O5S. The molecule has 8 heteroatoms. The van der Waals surface area contributed by atoms with Crippen LogP contribution in [-0.2, 0) is 16.0 Å². The van der Waals surface area contributed by atoms with Crippen molar-refractivity contribution < 1.29 is 27.1 Å². The minimum atomic E-state index is -4.92. The first kappa shape index (κ1) is 23.3. The largest absolute Gasteiger partial charge is 0.726 e. The second kappa shape index (κ2) is 9.65. The third kappa shape index (κ3) is 7.42. The van der Waals surface area contributed by atoms with Gasteiger partial charge in [-0.1, -0.05) is 49.6 Å². The van der Waals surface area contributed by atoms with Gasteiger partial charge in [0.1, 0.15) is 5.60 Å². The van der Waals surface area contributed by atoms with E-state index < -0.39 is 16.0 Å². The van der Waals surface area contributed by atoms with Gasteiger partial charge in [-0.15, -0.1) is 0 Å². The van der Waals surface area contributed by atoms with Crippen molar-refractivity contribution in [2.75, 3.05) is 46.8 Å². The molecule has 1 aromatic carbocycles. The Kier molecular flexibility index (Phi) is 8.01. The second-order valence-electron chi connectivity index (χ2n) is 8.71. The van der Waals surface area contributed by atoms with Crippen LogP contribution in [0.5, 0.6) is 0 Å². The molecule has 2 aliphatic rings. The highest BCUT2D eigenvalue weighted by Gasteiger charge is 2.41. The van der Waals surface area contributed by atoms with E-state index in [2.05, 4.69) is 43.3 Å². The number of nitrogens with zero attached hydrogens (tertiary/aromatic N) is 2. The Bertz CT molecular complexity index is 687. The fraction of sp³-hybridized carbons (Fsp3) is 0.700. The van der Waals surface area contributed by atoms with Crippen LogP contribution in [0, 0.1) is 5.92 Å². The molecule has 28 heavy (non-hydrogen) atoms. The van der Waals surface area contributed by atoms with Crippen molar-refractivity contribution in [2.45, 2.75) is 37.7 Å². The van der Waals surface area contributed by atoms with Crippen LogP contribution < -0.4 is 0 Å². The van der Waals surface area contributed by atoms with E-state index in [-0.39, 0.29) is 0 Å². The summed E-state index contributed by atoms with van der Waals surface area (Å²) in [6.07, 6.45) is 6.20. The standard InChI is InChI=1S/C20H33N2O.H2O4S/c1-22(2)15-13-21(14-16-22)17-20(23,18-9-5-3-6-10-18)19-11-7-4-8-12-19;1-5(2,3)4/h3,5-6,9-10,19,23H,4,7-8,11-17H2,1-2H3;(H2,1,2,3,4)/q+1;/p-1. The first-order valence-corrected chi connectivity index (χ1v) is 11.4. The molecule has 0 amide bonds. The van der Waals surface area contributed by atoms with E-state index in [4.69, 9.17) is 17.5 Å². The van der Waals surface area contributed by atoms with Crippen LogP contribution in [0.1, 0.15) is 37.7 Å². The van der Waals surface area contributed by atoms with Gasteiger partial charge in [-0.25, -0.2) is 8.42 Å². The lowest BCUT2D eigenvalue weighted by atomic mass is 9.73. The van der Waals surface area contributed by atoms with Crippen LogP contribution in [0.4, 0.5) is 0 Å². The summed E-state index contributed by atoms with van der Waals surface area (Å²) < 4.78 is 33.9. The third-order valence-electron chi connectivity index (χ3n) is 6.06. The van der Waals surface area contributed by atoms with Crippen LogP contribution in [0.15, 0.2) is 30.3 Å². The summed E-state index contributed by atoms with van der Waals surface area (Å²) in [6.45, 7) is 5.33. The Morgan fingerprint density at radius 3 is 2.11 bits per heavy atom. The van der Waals surface area contributed by atoms with E-state index in [1.54, 1.807) is 0 Å². The number of quaternary nitrogens is 1. The molecule has 2 N–H and O–H groups in total. The van der Waals surface area contributed by atoms with Crippen molar-refractivity contribution in [1.82, 2.24) is 4.90 Å². The zero-order valence-electron chi connectivity index (χ0n) is 17.0. The Morgan fingerprint density at radius 1 is 1.11 bits per heavy atom. The Balaban J connectivity index is 0.000000500. The third-order valence-corrected chi connectivity index (χ3v) is 6.06. The highest BCUT2D eigenvalue weighted by molar-refractivity contribution is 7.79. The van der Waals surface area contributed by atoms with Gasteiger partial charge in [-0.3, -0.25) is 9.45 Å². The van der Waals surface area contributed by atoms with Crippen molar-refractivity contribution >= 4 is 10.4 Å². The van der Waals surface area contributed by atoms with Gasteiger partial charge in [0.15, 0.2) is 0 Å². The highest BCUT2D eigenvalue weighted by Crippen LogP contribution is 2.40. The van der Waals surface area contributed by atoms with E-state index in [0.717, 1.165) is 29.7 Å². The number of benzene rings is 1. The van der Waals surface area contributed by atoms with Crippen molar-refractivity contribution in [3.63, 3.8) is 0 Å². The van der Waals surface area contributed by atoms with Crippen molar-refractivity contribution in [1.29, 1.82) is 0 Å². The number of rotatable bonds is 4. The van der Waals surface area contributed by atoms with Crippen LogP contribution in [0.3, 0.4) is 0 Å². The van der Waals surface area contributed by atoms with Gasteiger partial charge < -0.3 is 14.1 Å². The van der Waals surface area contributed by atoms with Crippen molar-refractivity contribution in [3.8, 4) is 0 Å². The molecule has 1 aliphatic carbocycles. The van der Waals surface area contributed by atoms with E-state index in [1.807, 2.05) is 6.07 Å². The molecule has 0 radical (unpaired) electrons. The summed E-state index contributed by atoms with van der Waals surface area (Å²) in [5, 5.41) is 11.7. The fourth-order valence-electron chi connectivity index (χ4n) is 4.31. The molecule has 1 saturated heterocycles. The smallest absolute Gasteiger partial charge is 0.215 e. The Morgan fingerprint density at radius 2 is 1.61 bits per heavy atom. The van der Waals surface area contributed by atoms with E-state index in [0.29, 0.717) is 5.92 Å². The minimum Gasteiger partial charge on any atom is -0.726 e. The monoisotopic (exact) mass is 414 g/mol. The molecule has 1 aliphatic heterocycles. The van der Waals surface area contributed by atoms with Gasteiger partial charge in [0.05, 0.1) is 27.2 Å². The molecule has 0 bridgehead atoms. The number of likely N-dealkylation sites (N-methyl/N-ethyl adjacent to an activating group) is 1. The SMILES string of the molecule is C[N+]1(C)CCN(CC(O)(c2ccccc2)C2CCCCC2)CC1.O=S(=O)([O-])O. The second-order valence-corrected chi connectivity index (χ2v) is 9.57. The lowest BCUT2D eigenvalue weighted by molar-refractivity contribution is -0.894. The molecule has 1 unspecified atom stereocenters. The molecule has 1 atom stereocenters.